The summed E-state index contributed by atoms with van der Waals surface area (Å²) in [5.74, 6) is 0. The van der Waals surface area contributed by atoms with Crippen molar-refractivity contribution in [2.45, 2.75) is 94.9 Å². The molecular formula is C40H52Se2. The number of hydrogen-bond acceptors (Lipinski definition) is 0. The van der Waals surface area contributed by atoms with E-state index in [0.717, 1.165) is 12.8 Å². The van der Waals surface area contributed by atoms with Crippen LogP contribution in [0.25, 0.3) is 0 Å². The number of allylic oxidation sites excluding steroid dienone is 22. The van der Waals surface area contributed by atoms with Crippen molar-refractivity contribution in [2.24, 2.45) is 10.8 Å². The van der Waals surface area contributed by atoms with E-state index in [1.807, 2.05) is 0 Å². The molecule has 0 aromatic heterocycles. The molecule has 0 bridgehead atoms. The Hall–Kier alpha value is -2.08. The van der Waals surface area contributed by atoms with E-state index < -0.39 is 0 Å². The quantitative estimate of drug-likeness (QED) is 0.158. The molecule has 0 radical (unpaired) electrons. The van der Waals surface area contributed by atoms with Crippen LogP contribution in [0.15, 0.2) is 130 Å². The van der Waals surface area contributed by atoms with E-state index in [1.165, 1.54) is 66.3 Å². The Balaban J connectivity index is 1.93. The molecule has 0 unspecified atom stereocenters. The van der Waals surface area contributed by atoms with Crippen LogP contribution in [0.3, 0.4) is 0 Å². The Morgan fingerprint density at radius 1 is 0.524 bits per heavy atom. The molecule has 2 aliphatic carbocycles. The molecule has 0 fully saturated rings. The molecule has 0 saturated heterocycles. The molecule has 0 aliphatic heterocycles. The molecule has 42 heavy (non-hydrogen) atoms. The molecule has 0 spiro atoms. The van der Waals surface area contributed by atoms with Gasteiger partial charge in [0.2, 0.25) is 0 Å². The molecule has 0 nitrogen and oxygen atoms in total. The van der Waals surface area contributed by atoms with Crippen LogP contribution in [0.2, 0.25) is 0 Å². The van der Waals surface area contributed by atoms with Crippen LogP contribution in [0.1, 0.15) is 94.9 Å². The van der Waals surface area contributed by atoms with Gasteiger partial charge >= 0.3 is 275 Å². The third kappa shape index (κ3) is 11.5. The monoisotopic (exact) mass is 692 g/mol. The van der Waals surface area contributed by atoms with Crippen LogP contribution in [0.5, 0.6) is 0 Å². The number of rotatable bonds is 10. The third-order valence-electron chi connectivity index (χ3n) is 8.35. The van der Waals surface area contributed by atoms with Crippen molar-refractivity contribution in [3.05, 3.63) is 130 Å². The van der Waals surface area contributed by atoms with Gasteiger partial charge in [0, 0.05) is 0 Å². The van der Waals surface area contributed by atoms with Crippen LogP contribution >= 0.6 is 0 Å². The average molecular weight is 691 g/mol. The molecule has 0 amide bonds. The molecule has 2 rings (SSSR count). The van der Waals surface area contributed by atoms with Gasteiger partial charge in [-0.25, -0.2) is 0 Å². The minimum absolute atomic E-state index is 0.228. The van der Waals surface area contributed by atoms with E-state index in [1.54, 1.807) is 0 Å². The first-order chi connectivity index (χ1) is 19.6. The summed E-state index contributed by atoms with van der Waals surface area (Å²) in [4.78, 5) is 0. The van der Waals surface area contributed by atoms with Crippen LogP contribution < -0.4 is 0 Å². The van der Waals surface area contributed by atoms with Gasteiger partial charge in [-0.05, 0) is 0 Å². The second-order valence-corrected chi connectivity index (χ2v) is 15.2. The van der Waals surface area contributed by atoms with E-state index >= 15 is 0 Å². The zero-order chi connectivity index (χ0) is 31.5. The molecule has 0 aromatic carbocycles. The first-order valence-electron chi connectivity index (χ1n) is 15.2. The van der Waals surface area contributed by atoms with Gasteiger partial charge in [-0.3, -0.25) is 0 Å². The molecule has 2 aliphatic rings. The Kier molecular flexibility index (Phi) is 14.3. The van der Waals surface area contributed by atoms with Crippen molar-refractivity contribution in [1.29, 1.82) is 0 Å². The first-order valence-corrected chi connectivity index (χ1v) is 16.9. The fourth-order valence-corrected chi connectivity index (χ4v) is 6.17. The Morgan fingerprint density at radius 3 is 1.19 bits per heavy atom. The summed E-state index contributed by atoms with van der Waals surface area (Å²) in [5.41, 5.74) is 11.1. The second-order valence-electron chi connectivity index (χ2n) is 13.1. The van der Waals surface area contributed by atoms with Gasteiger partial charge in [0.25, 0.3) is 0 Å². The van der Waals surface area contributed by atoms with E-state index in [4.69, 9.17) is 0 Å². The van der Waals surface area contributed by atoms with Gasteiger partial charge in [-0.1, -0.05) is 0 Å². The van der Waals surface area contributed by atoms with E-state index in [0.29, 0.717) is 0 Å². The predicted molar refractivity (Wildman–Crippen MR) is 194 cm³/mol. The summed E-state index contributed by atoms with van der Waals surface area (Å²) in [6.45, 7) is 22.5. The van der Waals surface area contributed by atoms with Crippen molar-refractivity contribution >= 4 is 40.0 Å². The zero-order valence-corrected chi connectivity index (χ0v) is 31.2. The fraction of sp³-hybridized carbons (Fsp3) is 0.400. The van der Waals surface area contributed by atoms with Gasteiger partial charge in [0.05, 0.1) is 0 Å². The van der Waals surface area contributed by atoms with E-state index in [2.05, 4.69) is 185 Å². The van der Waals surface area contributed by atoms with Gasteiger partial charge in [-0.2, -0.15) is 0 Å². The molecule has 2 heteroatoms. The van der Waals surface area contributed by atoms with Crippen molar-refractivity contribution in [3.63, 3.8) is 0 Å². The Bertz CT molecular complexity index is 1270. The molecule has 0 atom stereocenters. The SMILES string of the molecule is CC1=C(/C=C/C(C)=C/C=C/C(C)=C/C=C/C=C(C)/C=C/C=C(C)/C=C/C2=C(C)C(=[Se])CCC2(C)C)C(C)(C)CCC1=[Se]. The first kappa shape index (κ1) is 36.1. The van der Waals surface area contributed by atoms with Crippen molar-refractivity contribution in [2.75, 3.05) is 0 Å². The number of hydrogen-bond donors (Lipinski definition) is 0. The molecule has 0 heterocycles. The van der Waals surface area contributed by atoms with Crippen molar-refractivity contribution < 1.29 is 0 Å². The molecule has 0 saturated carbocycles. The van der Waals surface area contributed by atoms with Crippen LogP contribution in [-0.4, -0.2) is 40.0 Å². The predicted octanol–water partition coefficient (Wildman–Crippen LogP) is 10.5. The fourth-order valence-electron chi connectivity index (χ4n) is 5.28. The van der Waals surface area contributed by atoms with Crippen molar-refractivity contribution in [3.8, 4) is 0 Å². The van der Waals surface area contributed by atoms with Gasteiger partial charge in [-0.15, -0.1) is 0 Å². The van der Waals surface area contributed by atoms with Crippen LogP contribution in [-0.2, 0) is 0 Å². The van der Waals surface area contributed by atoms with Crippen LogP contribution in [0.4, 0.5) is 0 Å². The maximum absolute atomic E-state index is 3.26. The summed E-state index contributed by atoms with van der Waals surface area (Å²) >= 11 is 6.52. The molecule has 224 valence electrons. The standard InChI is InChI=1S/C40H52Se2/c1-29(17-13-19-31(3)21-23-35-33(5)37(41)25-27-39(35,7)8)15-11-12-16-30(2)18-14-20-32(4)22-24-36-34(6)38(42)26-28-40(36,9)10/h11-24H,25-28H2,1-10H3/b12-11+,17-13+,18-14+,23-21+,24-22+,29-15+,30-16+,31-19+,32-20+. The summed E-state index contributed by atoms with van der Waals surface area (Å²) in [7, 11) is 0. The summed E-state index contributed by atoms with van der Waals surface area (Å²) in [6, 6.07) is 0. The molecule has 0 N–H and O–H groups in total. The van der Waals surface area contributed by atoms with Gasteiger partial charge in [0.15, 0.2) is 0 Å². The average Bonchev–Trinajstić information content (AvgIpc) is 2.91. The minimum atomic E-state index is 0.228. The normalized spacial score (nSPS) is 21.6. The van der Waals surface area contributed by atoms with E-state index in [-0.39, 0.29) is 10.8 Å². The Morgan fingerprint density at radius 2 is 0.833 bits per heavy atom. The summed E-state index contributed by atoms with van der Waals surface area (Å²) in [5, 5.41) is 0. The second kappa shape index (κ2) is 16.7. The third-order valence-corrected chi connectivity index (χ3v) is 10.5. The molecular weight excluding hydrogens is 638 g/mol. The van der Waals surface area contributed by atoms with Gasteiger partial charge < -0.3 is 0 Å². The topological polar surface area (TPSA) is 0 Å². The van der Waals surface area contributed by atoms with Crippen LogP contribution in [0, 0.1) is 10.8 Å². The Labute approximate surface area is 274 Å². The summed E-state index contributed by atoms with van der Waals surface area (Å²) in [6.07, 6.45) is 35.2. The van der Waals surface area contributed by atoms with E-state index in [9.17, 15) is 0 Å². The molecule has 0 aromatic rings. The maximum atomic E-state index is 3.26. The van der Waals surface area contributed by atoms with Crippen molar-refractivity contribution in [1.82, 2.24) is 0 Å². The van der Waals surface area contributed by atoms with Gasteiger partial charge in [0.1, 0.15) is 0 Å². The summed E-state index contributed by atoms with van der Waals surface area (Å²) < 4.78 is 2.81. The zero-order valence-electron chi connectivity index (χ0n) is 27.7.